The average molecular weight is 1130 g/mol. The van der Waals surface area contributed by atoms with Crippen LogP contribution in [0.2, 0.25) is 0 Å². The Balaban J connectivity index is 1.18. The zero-order valence-corrected chi connectivity index (χ0v) is 44.3. The minimum Gasteiger partial charge on any atom is -0.453 e. The molecule has 4 amide bonds. The topological polar surface area (TPSA) is 200 Å². The van der Waals surface area contributed by atoms with Gasteiger partial charge in [-0.25, -0.2) is 32.8 Å². The van der Waals surface area contributed by atoms with Crippen LogP contribution in [-0.4, -0.2) is 151 Å². The van der Waals surface area contributed by atoms with Crippen LogP contribution in [0.25, 0.3) is 11.3 Å². The fourth-order valence-electron chi connectivity index (χ4n) is 9.55. The van der Waals surface area contributed by atoms with Crippen LogP contribution >= 0.6 is 0 Å². The van der Waals surface area contributed by atoms with Gasteiger partial charge in [0.2, 0.25) is 5.91 Å². The van der Waals surface area contributed by atoms with Crippen LogP contribution in [0.5, 0.6) is 0 Å². The Hall–Kier alpha value is -7.21. The molecule has 0 unspecified atom stereocenters. The van der Waals surface area contributed by atoms with E-state index in [1.165, 1.54) is 12.1 Å². The highest BCUT2D eigenvalue weighted by atomic mass is 19.4. The van der Waals surface area contributed by atoms with E-state index in [2.05, 4.69) is 41.7 Å². The number of hydrazine groups is 1. The van der Waals surface area contributed by atoms with Gasteiger partial charge in [0.15, 0.2) is 6.10 Å². The highest BCUT2D eigenvalue weighted by molar-refractivity contribution is 5.87. The van der Waals surface area contributed by atoms with E-state index in [-0.39, 0.29) is 11.3 Å². The summed E-state index contributed by atoms with van der Waals surface area (Å²) in [4.78, 5) is 66.2. The van der Waals surface area contributed by atoms with Gasteiger partial charge in [-0.3, -0.25) is 24.9 Å². The maximum Gasteiger partial charge on any atom is 0.407 e. The number of aromatic nitrogens is 2. The second kappa shape index (κ2) is 24.7. The summed E-state index contributed by atoms with van der Waals surface area (Å²) in [6.45, 7) is 3.27. The molecule has 17 nitrogen and oxygen atoms in total. The standard InChI is InChI=1S/C54H60F9N9O8/c1-51(2,53(58,59)60)45(68-50(77)78-6)47(74)67-42(19-31-10-7-30(8-11-31)9-12-32-13-18-44(66-22-32)70-24-35-15-16-36(25-70)72(35)37-28-79-29-37)43(73)27-71(69-48(75)46(80-49(76)64-5)52(3,4)54(61,62)63)26-38-39(56)20-33(21-40(38)57)41-17-14-34(55)23-65-41/h7-8,10-11,13-14,17-18,20-23,35-37,42-43,45-46,73H,15-16,19,24-29H2,1-6H3,(H,64,76)(H,67,74)(H,68,77)(H,69,75)/t35-,36-,42-,43-,45+,46+/m0/s1. The number of alkyl carbamates (subject to hydrolysis) is 2. The summed E-state index contributed by atoms with van der Waals surface area (Å²) in [5.74, 6) is 0.211. The van der Waals surface area contributed by atoms with Crippen molar-refractivity contribution in [2.24, 2.45) is 10.8 Å². The van der Waals surface area contributed by atoms with Crippen molar-refractivity contribution in [3.8, 4) is 23.1 Å². The van der Waals surface area contributed by atoms with Gasteiger partial charge in [0.05, 0.1) is 55.8 Å². The van der Waals surface area contributed by atoms with E-state index in [4.69, 9.17) is 9.47 Å². The van der Waals surface area contributed by atoms with Gasteiger partial charge in [0.1, 0.15) is 34.7 Å². The number of alkyl halides is 6. The highest BCUT2D eigenvalue weighted by Gasteiger charge is 2.58. The quantitative estimate of drug-likeness (QED) is 0.0408. The van der Waals surface area contributed by atoms with E-state index in [9.17, 15) is 55.0 Å². The van der Waals surface area contributed by atoms with E-state index >= 15 is 8.78 Å². The number of amides is 4. The molecule has 0 saturated carbocycles. The van der Waals surface area contributed by atoms with Crippen molar-refractivity contribution < 1.29 is 78.0 Å². The van der Waals surface area contributed by atoms with Crippen molar-refractivity contribution in [3.05, 3.63) is 113 Å². The van der Waals surface area contributed by atoms with Crippen LogP contribution in [0.4, 0.5) is 54.9 Å². The molecule has 0 spiro atoms. The van der Waals surface area contributed by atoms with Crippen molar-refractivity contribution in [2.45, 2.75) is 108 Å². The first-order valence-electron chi connectivity index (χ1n) is 25.3. The van der Waals surface area contributed by atoms with Gasteiger partial charge in [-0.1, -0.05) is 24.0 Å². The lowest BCUT2D eigenvalue weighted by Crippen LogP contribution is -2.62. The molecule has 3 fully saturated rings. The maximum absolute atomic E-state index is 16.0. The summed E-state index contributed by atoms with van der Waals surface area (Å²) in [5.41, 5.74) is -3.94. The van der Waals surface area contributed by atoms with Crippen molar-refractivity contribution >= 4 is 29.8 Å². The minimum absolute atomic E-state index is 0.0822. The third-order valence-corrected chi connectivity index (χ3v) is 14.6. The van der Waals surface area contributed by atoms with Crippen molar-refractivity contribution in [2.75, 3.05) is 51.9 Å². The first-order valence-corrected chi connectivity index (χ1v) is 25.3. The molecule has 80 heavy (non-hydrogen) atoms. The Bertz CT molecular complexity index is 2880. The van der Waals surface area contributed by atoms with Crippen molar-refractivity contribution in [1.82, 2.24) is 41.3 Å². The highest BCUT2D eigenvalue weighted by Crippen LogP contribution is 2.43. The Morgan fingerprint density at radius 1 is 0.787 bits per heavy atom. The third kappa shape index (κ3) is 14.0. The lowest BCUT2D eigenvalue weighted by atomic mass is 9.82. The molecule has 7 rings (SSSR count). The Labute approximate surface area is 454 Å². The number of rotatable bonds is 18. The second-order valence-electron chi connectivity index (χ2n) is 20.8. The molecular weight excluding hydrogens is 1070 g/mol. The fraction of sp³-hybridized carbons (Fsp3) is 0.481. The molecule has 3 aliphatic rings. The van der Waals surface area contributed by atoms with Gasteiger partial charge >= 0.3 is 24.5 Å². The normalized spacial score (nSPS) is 18.4. The van der Waals surface area contributed by atoms with Crippen LogP contribution in [0.15, 0.2) is 73.1 Å². The summed E-state index contributed by atoms with van der Waals surface area (Å²) >= 11 is 0. The monoisotopic (exact) mass is 1130 g/mol. The molecule has 2 bridgehead atoms. The third-order valence-electron chi connectivity index (χ3n) is 14.6. The number of carbonyl (C=O) groups is 4. The zero-order valence-electron chi connectivity index (χ0n) is 44.3. The number of halogens is 9. The number of piperazine rings is 1. The number of fused-ring (bicyclic) bond motifs is 2. The maximum atomic E-state index is 16.0. The number of aliphatic hydroxyl groups excluding tert-OH is 1. The number of methoxy groups -OCH3 is 1. The van der Waals surface area contributed by atoms with E-state index in [1.54, 1.807) is 18.3 Å². The van der Waals surface area contributed by atoms with Crippen molar-refractivity contribution in [1.29, 1.82) is 0 Å². The molecule has 2 aromatic carbocycles. The van der Waals surface area contributed by atoms with Gasteiger partial charge in [-0.2, -0.15) is 26.3 Å². The first kappa shape index (κ1) is 60.4. The molecule has 3 aliphatic heterocycles. The Kier molecular flexibility index (Phi) is 18.6. The van der Waals surface area contributed by atoms with Gasteiger partial charge in [-0.15, -0.1) is 0 Å². The average Bonchev–Trinajstić information content (AvgIpc) is 3.77. The molecule has 0 radical (unpaired) electrons. The van der Waals surface area contributed by atoms with E-state index in [1.807, 2.05) is 28.2 Å². The molecule has 3 saturated heterocycles. The summed E-state index contributed by atoms with van der Waals surface area (Å²) in [6.07, 6.45) is -14.0. The van der Waals surface area contributed by atoms with E-state index in [0.717, 1.165) is 89.6 Å². The number of ether oxygens (including phenoxy) is 3. The Morgan fingerprint density at radius 3 is 1.93 bits per heavy atom. The molecule has 26 heteroatoms. The fourth-order valence-corrected chi connectivity index (χ4v) is 9.55. The number of aliphatic hydroxyl groups is 1. The number of anilines is 1. The molecule has 5 heterocycles. The number of nitrogens with one attached hydrogen (secondary N) is 4. The van der Waals surface area contributed by atoms with Gasteiger partial charge in [0.25, 0.3) is 5.91 Å². The summed E-state index contributed by atoms with van der Waals surface area (Å²) in [5, 5.41) is 18.7. The van der Waals surface area contributed by atoms with Gasteiger partial charge in [0, 0.05) is 73.8 Å². The molecule has 5 N–H and O–H groups in total. The van der Waals surface area contributed by atoms with Crippen molar-refractivity contribution in [3.63, 3.8) is 0 Å². The van der Waals surface area contributed by atoms with E-state index in [0.29, 0.717) is 67.5 Å². The first-order chi connectivity index (χ1) is 37.6. The number of carbonyl (C=O) groups excluding carboxylic acids is 4. The van der Waals surface area contributed by atoms with E-state index < -0.39 is 114 Å². The van der Waals surface area contributed by atoms with Crippen LogP contribution in [0, 0.1) is 40.1 Å². The van der Waals surface area contributed by atoms with Crippen LogP contribution < -0.4 is 26.3 Å². The molecule has 432 valence electrons. The van der Waals surface area contributed by atoms with Gasteiger partial charge < -0.3 is 40.2 Å². The Morgan fingerprint density at radius 2 is 1.40 bits per heavy atom. The zero-order chi connectivity index (χ0) is 58.5. The second-order valence-corrected chi connectivity index (χ2v) is 20.8. The largest absolute Gasteiger partial charge is 0.453 e. The summed E-state index contributed by atoms with van der Waals surface area (Å²) < 4.78 is 148. The minimum atomic E-state index is -5.24. The molecule has 2 aromatic heterocycles. The number of nitrogens with zero attached hydrogens (tertiary/aromatic N) is 5. The molecule has 6 atom stereocenters. The van der Waals surface area contributed by atoms with Gasteiger partial charge in [-0.05, 0) is 101 Å². The SMILES string of the molecule is CNC(=O)O[C@H](C(=O)NN(Cc1c(F)cc(-c2ccc(F)cn2)cc1F)C[C@H](O)[C@H](Cc1ccc(C#Cc2ccc(N3C[C@@H]4CC[C@@H](C3)N4C3COC3)nc2)cc1)NC(=O)[C@@H](NC(=O)OC)C(C)(C)C(F)(F)F)C(C)(C)C(F)(F)F. The summed E-state index contributed by atoms with van der Waals surface area (Å²) in [7, 11) is 1.82. The number of pyridine rings is 2. The molecular formula is C54H60F9N9O8. The van der Waals surface area contributed by atoms with Crippen LogP contribution in [0.3, 0.4) is 0 Å². The smallest absolute Gasteiger partial charge is 0.407 e. The predicted octanol–water partition coefficient (Wildman–Crippen LogP) is 6.56. The predicted molar refractivity (Wildman–Crippen MR) is 270 cm³/mol. The summed E-state index contributed by atoms with van der Waals surface area (Å²) in [6, 6.07) is 10.6. The molecule has 4 aromatic rings. The molecule has 0 aliphatic carbocycles. The van der Waals surface area contributed by atoms with Crippen LogP contribution in [0.1, 0.15) is 62.8 Å². The number of hydrogen-bond acceptors (Lipinski definition) is 13. The number of benzene rings is 2. The van der Waals surface area contributed by atoms with Crippen LogP contribution in [-0.2, 0) is 36.8 Å². The lowest BCUT2D eigenvalue weighted by Gasteiger charge is -2.47. The number of hydrogen-bond donors (Lipinski definition) is 5. The lowest BCUT2D eigenvalue weighted by molar-refractivity contribution is -0.239.